The normalized spacial score (nSPS) is 9.92. The van der Waals surface area contributed by atoms with Gasteiger partial charge in [-0.3, -0.25) is 9.59 Å². The van der Waals surface area contributed by atoms with E-state index in [1.165, 1.54) is 64.2 Å². The van der Waals surface area contributed by atoms with Gasteiger partial charge in [0.1, 0.15) is 0 Å². The van der Waals surface area contributed by atoms with E-state index >= 15 is 0 Å². The van der Waals surface area contributed by atoms with Crippen molar-refractivity contribution in [2.24, 2.45) is 0 Å². The Bertz CT molecular complexity index is 293. The summed E-state index contributed by atoms with van der Waals surface area (Å²) in [6.45, 7) is 6.78. The Balaban J connectivity index is 0. The molecular formula is C21H43NO3. The maximum atomic E-state index is 11.0. The van der Waals surface area contributed by atoms with Crippen LogP contribution in [0.25, 0.3) is 0 Å². The van der Waals surface area contributed by atoms with Gasteiger partial charge in [0.05, 0.1) is 6.61 Å². The van der Waals surface area contributed by atoms with Crippen LogP contribution in [0.4, 0.5) is 0 Å². The first-order chi connectivity index (χ1) is 12.1. The Morgan fingerprint density at radius 2 is 1.12 bits per heavy atom. The number of rotatable bonds is 15. The lowest BCUT2D eigenvalue weighted by molar-refractivity contribution is -0.143. The van der Waals surface area contributed by atoms with Gasteiger partial charge < -0.3 is 10.1 Å². The Morgan fingerprint density at radius 3 is 1.56 bits per heavy atom. The molecule has 0 fully saturated rings. The van der Waals surface area contributed by atoms with Crippen molar-refractivity contribution < 1.29 is 14.3 Å². The van der Waals surface area contributed by atoms with Gasteiger partial charge in [0, 0.05) is 19.9 Å². The average Bonchev–Trinajstić information content (AvgIpc) is 2.61. The van der Waals surface area contributed by atoms with Crippen molar-refractivity contribution in [2.75, 3.05) is 13.7 Å². The fourth-order valence-electron chi connectivity index (χ4n) is 2.47. The molecule has 150 valence electrons. The average molecular weight is 358 g/mol. The minimum atomic E-state index is -0.0407. The third-order valence-corrected chi connectivity index (χ3v) is 4.08. The van der Waals surface area contributed by atoms with Crippen molar-refractivity contribution in [2.45, 2.75) is 111 Å². The molecule has 0 bridgehead atoms. The van der Waals surface area contributed by atoms with Gasteiger partial charge in [-0.25, -0.2) is 0 Å². The van der Waals surface area contributed by atoms with E-state index in [0.29, 0.717) is 19.4 Å². The third kappa shape index (κ3) is 25.3. The van der Waals surface area contributed by atoms with Gasteiger partial charge in [-0.1, -0.05) is 78.1 Å². The van der Waals surface area contributed by atoms with Gasteiger partial charge >= 0.3 is 5.97 Å². The monoisotopic (exact) mass is 357 g/mol. The van der Waals surface area contributed by atoms with Crippen LogP contribution in [0.5, 0.6) is 0 Å². The molecule has 0 aliphatic rings. The summed E-state index contributed by atoms with van der Waals surface area (Å²) in [6.07, 6.45) is 16.1. The van der Waals surface area contributed by atoms with Crippen LogP contribution in [-0.4, -0.2) is 25.5 Å². The zero-order valence-electron chi connectivity index (χ0n) is 17.3. The van der Waals surface area contributed by atoms with E-state index in [2.05, 4.69) is 19.2 Å². The highest BCUT2D eigenvalue weighted by Gasteiger charge is 2.00. The molecule has 4 nitrogen and oxygen atoms in total. The summed E-state index contributed by atoms with van der Waals surface area (Å²) in [6, 6.07) is 0. The molecule has 1 N–H and O–H groups in total. The minimum Gasteiger partial charge on any atom is -0.466 e. The van der Waals surface area contributed by atoms with Crippen molar-refractivity contribution in [1.29, 1.82) is 0 Å². The lowest BCUT2D eigenvalue weighted by Gasteiger charge is -2.01. The quantitative estimate of drug-likeness (QED) is 0.298. The van der Waals surface area contributed by atoms with Crippen molar-refractivity contribution >= 4 is 11.9 Å². The molecule has 25 heavy (non-hydrogen) atoms. The molecule has 0 aromatic carbocycles. The molecule has 0 unspecified atom stereocenters. The largest absolute Gasteiger partial charge is 0.466 e. The second-order valence-electron chi connectivity index (χ2n) is 6.51. The highest BCUT2D eigenvalue weighted by Crippen LogP contribution is 2.08. The molecule has 0 rings (SSSR count). The fraction of sp³-hybridized carbons (Fsp3) is 0.905. The van der Waals surface area contributed by atoms with E-state index in [4.69, 9.17) is 4.74 Å². The van der Waals surface area contributed by atoms with Gasteiger partial charge in [0.2, 0.25) is 5.91 Å². The summed E-state index contributed by atoms with van der Waals surface area (Å²) < 4.78 is 4.85. The zero-order valence-corrected chi connectivity index (χ0v) is 17.3. The predicted molar refractivity (Wildman–Crippen MR) is 107 cm³/mol. The van der Waals surface area contributed by atoms with Gasteiger partial charge in [-0.15, -0.1) is 0 Å². The van der Waals surface area contributed by atoms with Gasteiger partial charge in [0.25, 0.3) is 0 Å². The van der Waals surface area contributed by atoms with E-state index in [0.717, 1.165) is 12.8 Å². The maximum Gasteiger partial charge on any atom is 0.305 e. The van der Waals surface area contributed by atoms with Crippen molar-refractivity contribution in [3.8, 4) is 0 Å². The Kier molecular flexibility index (Phi) is 24.0. The van der Waals surface area contributed by atoms with E-state index < -0.39 is 0 Å². The Hall–Kier alpha value is -1.06. The van der Waals surface area contributed by atoms with E-state index in [1.54, 1.807) is 7.05 Å². The first kappa shape index (κ1) is 26.2. The first-order valence-corrected chi connectivity index (χ1v) is 10.5. The molecule has 1 amide bonds. The zero-order chi connectivity index (χ0) is 19.2. The van der Waals surface area contributed by atoms with Crippen LogP contribution in [0.1, 0.15) is 111 Å². The molecule has 0 aromatic heterocycles. The smallest absolute Gasteiger partial charge is 0.305 e. The molecular weight excluding hydrogens is 314 g/mol. The molecule has 4 heteroatoms. The summed E-state index contributed by atoms with van der Waals surface area (Å²) in [5, 5.41) is 2.62. The van der Waals surface area contributed by atoms with Gasteiger partial charge in [-0.05, 0) is 19.8 Å². The third-order valence-electron chi connectivity index (χ3n) is 4.08. The summed E-state index contributed by atoms with van der Waals surface area (Å²) in [5.41, 5.74) is 0. The molecule has 0 radical (unpaired) electrons. The molecule has 0 atom stereocenters. The topological polar surface area (TPSA) is 55.4 Å². The van der Waals surface area contributed by atoms with Gasteiger partial charge in [-0.2, -0.15) is 0 Å². The Morgan fingerprint density at radius 1 is 0.680 bits per heavy atom. The SMILES string of the molecule is CCCCCCCC(=O)NC.CCCCCCCCCC(=O)OCC. The lowest BCUT2D eigenvalue weighted by atomic mass is 10.1. The predicted octanol–water partition coefficient (Wildman–Crippen LogP) is 5.78. The number of esters is 1. The number of amides is 1. The number of hydrogen-bond acceptors (Lipinski definition) is 3. The van der Waals surface area contributed by atoms with Crippen molar-refractivity contribution in [3.63, 3.8) is 0 Å². The van der Waals surface area contributed by atoms with Crippen LogP contribution in [-0.2, 0) is 14.3 Å². The molecule has 0 saturated heterocycles. The number of unbranched alkanes of at least 4 members (excludes halogenated alkanes) is 10. The first-order valence-electron chi connectivity index (χ1n) is 10.5. The van der Waals surface area contributed by atoms with E-state index in [-0.39, 0.29) is 11.9 Å². The van der Waals surface area contributed by atoms with Crippen LogP contribution in [0.2, 0.25) is 0 Å². The summed E-state index contributed by atoms with van der Waals surface area (Å²) >= 11 is 0. The molecule has 0 heterocycles. The second kappa shape index (κ2) is 22.9. The van der Waals surface area contributed by atoms with Crippen LogP contribution in [0.15, 0.2) is 0 Å². The van der Waals surface area contributed by atoms with Crippen molar-refractivity contribution in [3.05, 3.63) is 0 Å². The summed E-state index contributed by atoms with van der Waals surface area (Å²) in [7, 11) is 1.69. The molecule has 0 aliphatic carbocycles. The van der Waals surface area contributed by atoms with Crippen LogP contribution in [0.3, 0.4) is 0 Å². The molecule has 0 aromatic rings. The van der Waals surface area contributed by atoms with Crippen LogP contribution >= 0.6 is 0 Å². The minimum absolute atomic E-state index is 0.0407. The second-order valence-corrected chi connectivity index (χ2v) is 6.51. The number of carbonyl (C=O) groups excluding carboxylic acids is 2. The van der Waals surface area contributed by atoms with Crippen molar-refractivity contribution in [1.82, 2.24) is 5.32 Å². The van der Waals surface area contributed by atoms with E-state index in [9.17, 15) is 9.59 Å². The number of carbonyl (C=O) groups is 2. The van der Waals surface area contributed by atoms with E-state index in [1.807, 2.05) is 6.92 Å². The molecule has 0 saturated carbocycles. The highest BCUT2D eigenvalue weighted by molar-refractivity contribution is 5.75. The standard InChI is InChI=1S/C12H24O2.C9H19NO/c1-3-5-6-7-8-9-10-11-12(13)14-4-2;1-3-4-5-6-7-8-9(11)10-2/h3-11H2,1-2H3;3-8H2,1-2H3,(H,10,11). The summed E-state index contributed by atoms with van der Waals surface area (Å²) in [4.78, 5) is 21.7. The number of nitrogens with one attached hydrogen (secondary N) is 1. The maximum absolute atomic E-state index is 11.0. The highest BCUT2D eigenvalue weighted by atomic mass is 16.5. The lowest BCUT2D eigenvalue weighted by Crippen LogP contribution is -2.16. The van der Waals surface area contributed by atoms with Gasteiger partial charge in [0.15, 0.2) is 0 Å². The summed E-state index contributed by atoms with van der Waals surface area (Å²) in [5.74, 6) is 0.127. The number of ether oxygens (including phenoxy) is 1. The van der Waals surface area contributed by atoms with Crippen LogP contribution < -0.4 is 5.32 Å². The Labute approximate surface area is 156 Å². The fourth-order valence-corrected chi connectivity index (χ4v) is 2.47. The van der Waals surface area contributed by atoms with Crippen LogP contribution in [0, 0.1) is 0 Å². The number of hydrogen-bond donors (Lipinski definition) is 1. The molecule has 0 aliphatic heterocycles. The molecule has 0 spiro atoms.